The maximum Gasteiger partial charge on any atom is 0.230 e. The van der Waals surface area contributed by atoms with Crippen molar-refractivity contribution in [2.24, 2.45) is 0 Å². The molecule has 1 aromatic rings. The average molecular weight is 374 g/mol. The first-order chi connectivity index (χ1) is 9.44. The lowest BCUT2D eigenvalue weighted by Crippen LogP contribution is -2.58. The van der Waals surface area contributed by atoms with Crippen LogP contribution in [-0.4, -0.2) is 27.9 Å². The van der Waals surface area contributed by atoms with Crippen LogP contribution < -0.4 is 5.32 Å². The molecule has 0 saturated carbocycles. The highest BCUT2D eigenvalue weighted by molar-refractivity contribution is 9.10. The molecular formula is C16H24BrNO2S. The van der Waals surface area contributed by atoms with Crippen LogP contribution in [0.15, 0.2) is 21.5 Å². The molecule has 0 fully saturated rings. The number of aliphatic hydroxyl groups is 1. The van der Waals surface area contributed by atoms with Gasteiger partial charge in [-0.2, -0.15) is 0 Å². The van der Waals surface area contributed by atoms with E-state index in [1.165, 1.54) is 11.8 Å². The number of nitrogens with one attached hydrogen (secondary N) is 1. The monoisotopic (exact) mass is 373 g/mol. The number of amides is 1. The summed E-state index contributed by atoms with van der Waals surface area (Å²) >= 11 is 5.02. The van der Waals surface area contributed by atoms with Gasteiger partial charge in [0.05, 0.1) is 16.9 Å². The van der Waals surface area contributed by atoms with Gasteiger partial charge >= 0.3 is 0 Å². The van der Waals surface area contributed by atoms with E-state index in [1.807, 2.05) is 27.7 Å². The van der Waals surface area contributed by atoms with Crippen molar-refractivity contribution in [3.05, 3.63) is 27.7 Å². The lowest BCUT2D eigenvalue weighted by atomic mass is 9.86. The molecule has 0 saturated heterocycles. The number of rotatable bonds is 5. The van der Waals surface area contributed by atoms with E-state index < -0.39 is 11.1 Å². The first-order valence-corrected chi connectivity index (χ1v) is 8.65. The predicted molar refractivity (Wildman–Crippen MR) is 92.9 cm³/mol. The summed E-state index contributed by atoms with van der Waals surface area (Å²) in [5.74, 6) is 0.258. The fourth-order valence-corrected chi connectivity index (χ4v) is 2.95. The van der Waals surface area contributed by atoms with E-state index in [0.717, 1.165) is 20.5 Å². The molecule has 0 spiro atoms. The van der Waals surface area contributed by atoms with E-state index in [4.69, 9.17) is 0 Å². The summed E-state index contributed by atoms with van der Waals surface area (Å²) in [7, 11) is 0. The van der Waals surface area contributed by atoms with Gasteiger partial charge in [0.1, 0.15) is 0 Å². The van der Waals surface area contributed by atoms with Crippen molar-refractivity contribution in [2.45, 2.75) is 57.6 Å². The van der Waals surface area contributed by atoms with Crippen molar-refractivity contribution >= 4 is 33.6 Å². The molecule has 21 heavy (non-hydrogen) atoms. The first-order valence-electron chi connectivity index (χ1n) is 6.87. The maximum atomic E-state index is 12.1. The molecule has 0 bridgehead atoms. The van der Waals surface area contributed by atoms with Crippen molar-refractivity contribution in [1.29, 1.82) is 0 Å². The molecule has 5 heteroatoms. The van der Waals surface area contributed by atoms with E-state index >= 15 is 0 Å². The zero-order valence-electron chi connectivity index (χ0n) is 13.5. The number of hydrogen-bond donors (Lipinski definition) is 2. The van der Waals surface area contributed by atoms with E-state index in [0.29, 0.717) is 5.75 Å². The largest absolute Gasteiger partial charge is 0.388 e. The van der Waals surface area contributed by atoms with E-state index in [-0.39, 0.29) is 5.91 Å². The van der Waals surface area contributed by atoms with Gasteiger partial charge in [-0.15, -0.1) is 11.8 Å². The van der Waals surface area contributed by atoms with Gasteiger partial charge in [-0.1, -0.05) is 15.9 Å². The van der Waals surface area contributed by atoms with Gasteiger partial charge in [0, 0.05) is 9.37 Å². The average Bonchev–Trinajstić information content (AvgIpc) is 2.30. The van der Waals surface area contributed by atoms with Gasteiger partial charge in [-0.05, 0) is 64.8 Å². The fraction of sp³-hybridized carbons (Fsp3) is 0.562. The predicted octanol–water partition coefficient (Wildman–Crippen LogP) is 3.82. The van der Waals surface area contributed by atoms with Crippen LogP contribution in [0.1, 0.15) is 38.8 Å². The quantitative estimate of drug-likeness (QED) is 0.771. The summed E-state index contributed by atoms with van der Waals surface area (Å²) in [5.41, 5.74) is 0.652. The summed E-state index contributed by atoms with van der Waals surface area (Å²) in [4.78, 5) is 13.2. The minimum absolute atomic E-state index is 0.0768. The Bertz CT molecular complexity index is 536. The Morgan fingerprint density at radius 1 is 1.24 bits per heavy atom. The number of carbonyl (C=O) groups excluding carboxylic acids is 1. The molecule has 0 aromatic heterocycles. The molecule has 3 nitrogen and oxygen atoms in total. The molecule has 0 radical (unpaired) electrons. The molecule has 118 valence electrons. The third-order valence-corrected chi connectivity index (χ3v) is 5.81. The second-order valence-electron chi connectivity index (χ2n) is 6.39. The lowest BCUT2D eigenvalue weighted by Gasteiger charge is -2.38. The summed E-state index contributed by atoms with van der Waals surface area (Å²) in [6, 6.07) is 4.15. The van der Waals surface area contributed by atoms with Gasteiger partial charge in [0.15, 0.2) is 0 Å². The van der Waals surface area contributed by atoms with Gasteiger partial charge in [-0.3, -0.25) is 4.79 Å². The molecule has 1 rings (SSSR count). The number of hydrogen-bond acceptors (Lipinski definition) is 3. The van der Waals surface area contributed by atoms with E-state index in [9.17, 15) is 9.90 Å². The SMILES string of the molecule is Cc1cc(SCC(=O)NC(C)(C)C(C)(C)O)c(C)cc1Br. The van der Waals surface area contributed by atoms with E-state index in [1.54, 1.807) is 13.8 Å². The summed E-state index contributed by atoms with van der Waals surface area (Å²) in [6.45, 7) is 11.1. The molecule has 0 aliphatic carbocycles. The molecular weight excluding hydrogens is 350 g/mol. The Balaban J connectivity index is 2.68. The molecule has 0 aliphatic rings. The molecule has 1 aromatic carbocycles. The van der Waals surface area contributed by atoms with Crippen molar-refractivity contribution in [3.8, 4) is 0 Å². The normalized spacial score (nSPS) is 12.4. The van der Waals surface area contributed by atoms with Crippen LogP contribution in [0.2, 0.25) is 0 Å². The first kappa shape index (κ1) is 18.5. The van der Waals surface area contributed by atoms with E-state index in [2.05, 4.69) is 33.4 Å². The van der Waals surface area contributed by atoms with Crippen LogP contribution in [0.5, 0.6) is 0 Å². The van der Waals surface area contributed by atoms with Crippen LogP contribution in [0.25, 0.3) is 0 Å². The molecule has 1 amide bonds. The van der Waals surface area contributed by atoms with Gasteiger partial charge in [0.25, 0.3) is 0 Å². The third kappa shape index (κ3) is 5.01. The summed E-state index contributed by atoms with van der Waals surface area (Å²) in [5, 5.41) is 13.0. The molecule has 0 unspecified atom stereocenters. The number of thioether (sulfide) groups is 1. The minimum atomic E-state index is -0.975. The standard InChI is InChI=1S/C16H24BrNO2S/c1-10-8-13(11(2)7-12(10)17)21-9-14(19)18-15(3,4)16(5,6)20/h7-8,20H,9H2,1-6H3,(H,18,19). The second kappa shape index (κ2) is 6.71. The Kier molecular flexibility index (Phi) is 5.92. The van der Waals surface area contributed by atoms with Crippen LogP contribution >= 0.6 is 27.7 Å². The Morgan fingerprint density at radius 2 is 1.81 bits per heavy atom. The highest BCUT2D eigenvalue weighted by atomic mass is 79.9. The smallest absolute Gasteiger partial charge is 0.230 e. The Morgan fingerprint density at radius 3 is 2.33 bits per heavy atom. The van der Waals surface area contributed by atoms with Gasteiger partial charge in [-0.25, -0.2) is 0 Å². The van der Waals surface area contributed by atoms with Gasteiger partial charge in [0.2, 0.25) is 5.91 Å². The Hall–Kier alpha value is -0.520. The highest BCUT2D eigenvalue weighted by Gasteiger charge is 2.36. The third-order valence-electron chi connectivity index (χ3n) is 3.80. The molecule has 0 heterocycles. The zero-order valence-corrected chi connectivity index (χ0v) is 15.9. The number of carbonyl (C=O) groups is 1. The van der Waals surface area contributed by atoms with Crippen molar-refractivity contribution in [2.75, 3.05) is 5.75 Å². The number of halogens is 1. The lowest BCUT2D eigenvalue weighted by molar-refractivity contribution is -0.123. The van der Waals surface area contributed by atoms with Crippen molar-refractivity contribution in [3.63, 3.8) is 0 Å². The second-order valence-corrected chi connectivity index (χ2v) is 8.26. The zero-order chi connectivity index (χ0) is 16.4. The Labute approximate surface area is 140 Å². The number of benzene rings is 1. The van der Waals surface area contributed by atoms with Crippen LogP contribution in [0, 0.1) is 13.8 Å². The van der Waals surface area contributed by atoms with Gasteiger partial charge < -0.3 is 10.4 Å². The van der Waals surface area contributed by atoms with Crippen LogP contribution in [0.3, 0.4) is 0 Å². The summed E-state index contributed by atoms with van der Waals surface area (Å²) < 4.78 is 1.08. The number of aryl methyl sites for hydroxylation is 2. The molecule has 0 atom stereocenters. The maximum absolute atomic E-state index is 12.1. The van der Waals surface area contributed by atoms with Crippen molar-refractivity contribution in [1.82, 2.24) is 5.32 Å². The molecule has 2 N–H and O–H groups in total. The van der Waals surface area contributed by atoms with Crippen LogP contribution in [-0.2, 0) is 4.79 Å². The topological polar surface area (TPSA) is 49.3 Å². The molecule has 0 aliphatic heterocycles. The highest BCUT2D eigenvalue weighted by Crippen LogP contribution is 2.28. The van der Waals surface area contributed by atoms with Crippen LogP contribution in [0.4, 0.5) is 0 Å². The summed E-state index contributed by atoms with van der Waals surface area (Å²) in [6.07, 6.45) is 0. The fourth-order valence-electron chi connectivity index (χ4n) is 1.59. The minimum Gasteiger partial charge on any atom is -0.388 e. The van der Waals surface area contributed by atoms with Crippen molar-refractivity contribution < 1.29 is 9.90 Å².